The fourth-order valence-corrected chi connectivity index (χ4v) is 4.01. The van der Waals surface area contributed by atoms with E-state index in [9.17, 15) is 0 Å². The molecule has 0 spiro atoms. The Balaban J connectivity index is 1.39. The van der Waals surface area contributed by atoms with E-state index in [4.69, 9.17) is 5.10 Å². The van der Waals surface area contributed by atoms with Crippen molar-refractivity contribution in [3.05, 3.63) is 90.5 Å². The van der Waals surface area contributed by atoms with Gasteiger partial charge in [-0.25, -0.2) is 4.68 Å². The Morgan fingerprint density at radius 2 is 1.32 bits per heavy atom. The molecule has 0 unspecified atom stereocenters. The molecule has 4 aromatic rings. The molecule has 0 aliphatic carbocycles. The van der Waals surface area contributed by atoms with Crippen LogP contribution in [0.1, 0.15) is 5.56 Å². The lowest BCUT2D eigenvalue weighted by Gasteiger charge is -2.35. The highest BCUT2D eigenvalue weighted by atomic mass is 15.4. The second-order valence-corrected chi connectivity index (χ2v) is 7.34. The minimum atomic E-state index is 1.00. The Morgan fingerprint density at radius 3 is 2.07 bits per heavy atom. The molecule has 5 rings (SSSR count). The molecule has 0 amide bonds. The Labute approximate surface area is 165 Å². The molecule has 1 aliphatic heterocycles. The van der Waals surface area contributed by atoms with Crippen LogP contribution in [-0.2, 0) is 6.54 Å². The van der Waals surface area contributed by atoms with Crippen molar-refractivity contribution in [2.45, 2.75) is 6.54 Å². The highest BCUT2D eigenvalue weighted by Crippen LogP contribution is 2.29. The Hall–Kier alpha value is -3.11. The summed E-state index contributed by atoms with van der Waals surface area (Å²) < 4.78 is 2.07. The lowest BCUT2D eigenvalue weighted by Crippen LogP contribution is -2.46. The summed E-state index contributed by atoms with van der Waals surface area (Å²) in [6.45, 7) is 5.14. The topological polar surface area (TPSA) is 24.3 Å². The molecule has 4 heteroatoms. The van der Waals surface area contributed by atoms with Crippen LogP contribution in [0.25, 0.3) is 16.6 Å². The summed E-state index contributed by atoms with van der Waals surface area (Å²) in [5, 5.41) is 6.24. The second kappa shape index (κ2) is 7.49. The number of aromatic nitrogens is 2. The molecule has 3 aromatic carbocycles. The molecular formula is C24H24N4. The fraction of sp³-hybridized carbons (Fsp3) is 0.208. The van der Waals surface area contributed by atoms with Crippen LogP contribution in [0.5, 0.6) is 0 Å². The predicted octanol–water partition coefficient (Wildman–Crippen LogP) is 4.35. The Morgan fingerprint density at radius 1 is 0.679 bits per heavy atom. The number of hydrogen-bond donors (Lipinski definition) is 0. The van der Waals surface area contributed by atoms with E-state index < -0.39 is 0 Å². The summed E-state index contributed by atoms with van der Waals surface area (Å²) in [6.07, 6.45) is 0. The zero-order valence-corrected chi connectivity index (χ0v) is 15.9. The average Bonchev–Trinajstić information content (AvgIpc) is 3.15. The lowest BCUT2D eigenvalue weighted by molar-refractivity contribution is 0.249. The van der Waals surface area contributed by atoms with Crippen LogP contribution < -0.4 is 4.90 Å². The van der Waals surface area contributed by atoms with Gasteiger partial charge in [0.2, 0.25) is 0 Å². The van der Waals surface area contributed by atoms with Crippen LogP contribution in [0.4, 0.5) is 5.82 Å². The summed E-state index contributed by atoms with van der Waals surface area (Å²) in [7, 11) is 0. The highest BCUT2D eigenvalue weighted by molar-refractivity contribution is 5.91. The number of piperazine rings is 1. The molecule has 1 aromatic heterocycles. The smallest absolute Gasteiger partial charge is 0.159 e. The first-order chi connectivity index (χ1) is 13.9. The van der Waals surface area contributed by atoms with Crippen molar-refractivity contribution in [1.82, 2.24) is 14.7 Å². The van der Waals surface area contributed by atoms with E-state index in [0.717, 1.165) is 49.7 Å². The zero-order chi connectivity index (χ0) is 18.8. The van der Waals surface area contributed by atoms with Crippen LogP contribution in [0.3, 0.4) is 0 Å². The van der Waals surface area contributed by atoms with Gasteiger partial charge in [-0.05, 0) is 29.8 Å². The molecule has 0 radical (unpaired) electrons. The van der Waals surface area contributed by atoms with E-state index in [0.29, 0.717) is 0 Å². The van der Waals surface area contributed by atoms with E-state index in [1.54, 1.807) is 0 Å². The van der Waals surface area contributed by atoms with Crippen LogP contribution in [0.15, 0.2) is 84.9 Å². The average molecular weight is 368 g/mol. The summed E-state index contributed by atoms with van der Waals surface area (Å²) in [4.78, 5) is 4.96. The molecule has 4 nitrogen and oxygen atoms in total. The maximum atomic E-state index is 5.02. The summed E-state index contributed by atoms with van der Waals surface area (Å²) >= 11 is 0. The number of fused-ring (bicyclic) bond motifs is 1. The van der Waals surface area contributed by atoms with E-state index in [-0.39, 0.29) is 0 Å². The van der Waals surface area contributed by atoms with E-state index in [1.807, 2.05) is 6.07 Å². The molecule has 140 valence electrons. The summed E-state index contributed by atoms with van der Waals surface area (Å²) in [6, 6.07) is 29.7. The molecular weight excluding hydrogens is 344 g/mol. The molecule has 2 heterocycles. The van der Waals surface area contributed by atoms with Gasteiger partial charge in [-0.1, -0.05) is 60.7 Å². The standard InChI is InChI=1S/C24H24N4/c1-3-9-20(10-4-1)19-26-15-17-27(18-16-26)24-22-13-7-8-14-23(22)28(25-24)21-11-5-2-6-12-21/h1-14H,15-19H2. The van der Waals surface area contributed by atoms with Crippen LogP contribution in [-0.4, -0.2) is 40.9 Å². The largest absolute Gasteiger partial charge is 0.352 e. The van der Waals surface area contributed by atoms with Crippen LogP contribution in [0.2, 0.25) is 0 Å². The number of rotatable bonds is 4. The minimum Gasteiger partial charge on any atom is -0.352 e. The molecule has 28 heavy (non-hydrogen) atoms. The van der Waals surface area contributed by atoms with Gasteiger partial charge in [0.15, 0.2) is 5.82 Å². The SMILES string of the molecule is c1ccc(CN2CCN(c3nn(-c4ccccc4)c4ccccc34)CC2)cc1. The monoisotopic (exact) mass is 368 g/mol. The Bertz CT molecular complexity index is 1050. The molecule has 0 bridgehead atoms. The molecule has 1 saturated heterocycles. The second-order valence-electron chi connectivity index (χ2n) is 7.34. The van der Waals surface area contributed by atoms with Crippen LogP contribution in [0, 0.1) is 0 Å². The molecule has 0 N–H and O–H groups in total. The van der Waals surface area contributed by atoms with Crippen LogP contribution >= 0.6 is 0 Å². The first-order valence-electron chi connectivity index (χ1n) is 9.93. The van der Waals surface area contributed by atoms with E-state index >= 15 is 0 Å². The van der Waals surface area contributed by atoms with Gasteiger partial charge in [0.1, 0.15) is 0 Å². The molecule has 1 aliphatic rings. The summed E-state index contributed by atoms with van der Waals surface area (Å²) in [5.74, 6) is 1.10. The third-order valence-electron chi connectivity index (χ3n) is 5.49. The quantitative estimate of drug-likeness (QED) is 0.535. The van der Waals surface area contributed by atoms with Crippen molar-refractivity contribution in [2.75, 3.05) is 31.1 Å². The van der Waals surface area contributed by atoms with Gasteiger partial charge in [0, 0.05) is 38.1 Å². The maximum Gasteiger partial charge on any atom is 0.159 e. The number of anilines is 1. The predicted molar refractivity (Wildman–Crippen MR) is 115 cm³/mol. The summed E-state index contributed by atoms with van der Waals surface area (Å²) in [5.41, 5.74) is 3.65. The zero-order valence-electron chi connectivity index (χ0n) is 15.9. The number of para-hydroxylation sites is 2. The number of nitrogens with zero attached hydrogens (tertiary/aromatic N) is 4. The molecule has 0 atom stereocenters. The third kappa shape index (κ3) is 3.27. The Kier molecular flexibility index (Phi) is 4.55. The van der Waals surface area contributed by atoms with Gasteiger partial charge in [-0.2, -0.15) is 0 Å². The van der Waals surface area contributed by atoms with Crippen molar-refractivity contribution in [3.8, 4) is 5.69 Å². The van der Waals surface area contributed by atoms with Crippen molar-refractivity contribution in [3.63, 3.8) is 0 Å². The third-order valence-corrected chi connectivity index (χ3v) is 5.49. The van der Waals surface area contributed by atoms with E-state index in [1.165, 1.54) is 10.9 Å². The van der Waals surface area contributed by atoms with Gasteiger partial charge in [0.05, 0.1) is 11.2 Å². The molecule has 1 fully saturated rings. The van der Waals surface area contributed by atoms with Gasteiger partial charge >= 0.3 is 0 Å². The molecule has 0 saturated carbocycles. The van der Waals surface area contributed by atoms with Gasteiger partial charge in [-0.3, -0.25) is 4.90 Å². The number of hydrogen-bond acceptors (Lipinski definition) is 3. The highest BCUT2D eigenvalue weighted by Gasteiger charge is 2.22. The van der Waals surface area contributed by atoms with Crippen molar-refractivity contribution < 1.29 is 0 Å². The maximum absolute atomic E-state index is 5.02. The van der Waals surface area contributed by atoms with Crippen molar-refractivity contribution in [1.29, 1.82) is 0 Å². The first-order valence-corrected chi connectivity index (χ1v) is 9.93. The lowest BCUT2D eigenvalue weighted by atomic mass is 10.2. The van der Waals surface area contributed by atoms with E-state index in [2.05, 4.69) is 93.3 Å². The minimum absolute atomic E-state index is 1.00. The fourth-order valence-electron chi connectivity index (χ4n) is 4.01. The van der Waals surface area contributed by atoms with Crippen molar-refractivity contribution >= 4 is 16.7 Å². The van der Waals surface area contributed by atoms with Gasteiger partial charge in [0.25, 0.3) is 0 Å². The first kappa shape index (κ1) is 17.0. The van der Waals surface area contributed by atoms with Gasteiger partial charge in [-0.15, -0.1) is 5.10 Å². The normalized spacial score (nSPS) is 15.2. The number of benzene rings is 3. The van der Waals surface area contributed by atoms with Crippen molar-refractivity contribution in [2.24, 2.45) is 0 Å². The van der Waals surface area contributed by atoms with Gasteiger partial charge < -0.3 is 4.90 Å².